The van der Waals surface area contributed by atoms with Gasteiger partial charge in [-0.2, -0.15) is 0 Å². The molecule has 2 amide bonds. The summed E-state index contributed by atoms with van der Waals surface area (Å²) in [6.07, 6.45) is 0. The van der Waals surface area contributed by atoms with E-state index in [9.17, 15) is 14.4 Å². The molecule has 1 aromatic carbocycles. The van der Waals surface area contributed by atoms with E-state index >= 15 is 0 Å². The van der Waals surface area contributed by atoms with Crippen LogP contribution in [0.3, 0.4) is 0 Å². The van der Waals surface area contributed by atoms with Crippen molar-refractivity contribution in [3.8, 4) is 0 Å². The number of fused-ring (bicyclic) bond motifs is 1. The van der Waals surface area contributed by atoms with Gasteiger partial charge in [0.25, 0.3) is 0 Å². The molecule has 0 saturated carbocycles. The van der Waals surface area contributed by atoms with Crippen molar-refractivity contribution in [2.45, 2.75) is 25.4 Å². The molecule has 128 valence electrons. The molecule has 0 spiro atoms. The smallest absolute Gasteiger partial charge is 0.368 e. The standard InChI is InChI=1S/C17H19ClN2O4/c1-4-24-16(23)17(2)12-11(14(21)20(3)15(12)22)13(19-17)9-5-7-10(18)8-6-9/h5-8,11-13,19H,4H2,1-3H3/p+1/t11-,12-,13-,17+/m0/s1. The van der Waals surface area contributed by atoms with Gasteiger partial charge in [-0.05, 0) is 19.1 Å². The van der Waals surface area contributed by atoms with E-state index in [0.717, 1.165) is 10.5 Å². The zero-order valence-corrected chi connectivity index (χ0v) is 14.5. The lowest BCUT2D eigenvalue weighted by Gasteiger charge is -2.25. The van der Waals surface area contributed by atoms with Crippen LogP contribution in [0.1, 0.15) is 25.5 Å². The van der Waals surface area contributed by atoms with Crippen molar-refractivity contribution in [2.75, 3.05) is 13.7 Å². The average Bonchev–Trinajstić information content (AvgIpc) is 2.99. The molecule has 0 aromatic heterocycles. The zero-order valence-electron chi connectivity index (χ0n) is 13.8. The number of carbonyl (C=O) groups excluding carboxylic acids is 3. The second-order valence-electron chi connectivity index (χ2n) is 6.49. The van der Waals surface area contributed by atoms with Crippen molar-refractivity contribution >= 4 is 29.4 Å². The van der Waals surface area contributed by atoms with Crippen molar-refractivity contribution in [2.24, 2.45) is 11.8 Å². The topological polar surface area (TPSA) is 80.3 Å². The van der Waals surface area contributed by atoms with Crippen LogP contribution >= 0.6 is 11.6 Å². The van der Waals surface area contributed by atoms with E-state index in [-0.39, 0.29) is 24.5 Å². The maximum Gasteiger partial charge on any atom is 0.368 e. The Bertz CT molecular complexity index is 705. The number of likely N-dealkylation sites (tertiary alicyclic amines) is 1. The third kappa shape index (κ3) is 2.32. The van der Waals surface area contributed by atoms with Gasteiger partial charge in [0.2, 0.25) is 17.4 Å². The summed E-state index contributed by atoms with van der Waals surface area (Å²) in [5.74, 6) is -2.36. The lowest BCUT2D eigenvalue weighted by molar-refractivity contribution is -0.731. The minimum atomic E-state index is -1.12. The molecule has 4 atom stereocenters. The predicted molar refractivity (Wildman–Crippen MR) is 85.9 cm³/mol. The van der Waals surface area contributed by atoms with Gasteiger partial charge in [-0.3, -0.25) is 14.5 Å². The third-order valence-corrected chi connectivity index (χ3v) is 5.35. The van der Waals surface area contributed by atoms with Crippen LogP contribution in [0.5, 0.6) is 0 Å². The molecule has 2 fully saturated rings. The first-order valence-electron chi connectivity index (χ1n) is 7.91. The number of rotatable bonds is 3. The number of carbonyl (C=O) groups is 3. The highest BCUT2D eigenvalue weighted by Gasteiger charge is 2.70. The van der Waals surface area contributed by atoms with E-state index in [2.05, 4.69) is 0 Å². The fourth-order valence-electron chi connectivity index (χ4n) is 3.88. The molecule has 0 unspecified atom stereocenters. The van der Waals surface area contributed by atoms with Crippen molar-refractivity contribution in [3.05, 3.63) is 34.9 Å². The number of ether oxygens (including phenoxy) is 1. The first kappa shape index (κ1) is 16.9. The van der Waals surface area contributed by atoms with Gasteiger partial charge in [0.1, 0.15) is 17.9 Å². The summed E-state index contributed by atoms with van der Waals surface area (Å²) in [6, 6.07) is 6.80. The van der Waals surface area contributed by atoms with Crippen molar-refractivity contribution in [1.82, 2.24) is 4.90 Å². The van der Waals surface area contributed by atoms with Gasteiger partial charge in [-0.1, -0.05) is 23.7 Å². The van der Waals surface area contributed by atoms with E-state index < -0.39 is 23.3 Å². The molecule has 2 heterocycles. The van der Waals surface area contributed by atoms with Crippen molar-refractivity contribution in [1.29, 1.82) is 0 Å². The van der Waals surface area contributed by atoms with E-state index in [1.165, 1.54) is 7.05 Å². The summed E-state index contributed by atoms with van der Waals surface area (Å²) in [5, 5.41) is 2.39. The highest BCUT2D eigenvalue weighted by atomic mass is 35.5. The molecule has 3 rings (SSSR count). The Morgan fingerprint density at radius 2 is 1.92 bits per heavy atom. The number of imide groups is 1. The van der Waals surface area contributed by atoms with Gasteiger partial charge in [-0.15, -0.1) is 0 Å². The summed E-state index contributed by atoms with van der Waals surface area (Å²) in [4.78, 5) is 38.9. The summed E-state index contributed by atoms with van der Waals surface area (Å²) in [7, 11) is 1.47. The van der Waals surface area contributed by atoms with Crippen molar-refractivity contribution < 1.29 is 24.4 Å². The van der Waals surface area contributed by atoms with Gasteiger partial charge in [0, 0.05) is 24.6 Å². The number of hydrogen-bond acceptors (Lipinski definition) is 4. The predicted octanol–water partition coefficient (Wildman–Crippen LogP) is 0.511. The number of nitrogens with zero attached hydrogens (tertiary/aromatic N) is 1. The highest BCUT2D eigenvalue weighted by Crippen LogP contribution is 2.43. The number of benzene rings is 1. The first-order valence-corrected chi connectivity index (χ1v) is 8.29. The molecular formula is C17H20ClN2O4+. The van der Waals surface area contributed by atoms with E-state index in [1.54, 1.807) is 31.3 Å². The molecule has 6 nitrogen and oxygen atoms in total. The first-order chi connectivity index (χ1) is 11.3. The van der Waals surface area contributed by atoms with Gasteiger partial charge in [0.15, 0.2) is 0 Å². The van der Waals surface area contributed by atoms with Gasteiger partial charge < -0.3 is 10.1 Å². The number of nitrogens with two attached hydrogens (primary N) is 1. The molecule has 2 aliphatic rings. The number of hydrogen-bond donors (Lipinski definition) is 1. The van der Waals surface area contributed by atoms with Gasteiger partial charge in [0.05, 0.1) is 6.61 Å². The maximum atomic E-state index is 12.6. The molecule has 0 bridgehead atoms. The second-order valence-corrected chi connectivity index (χ2v) is 6.92. The number of quaternary nitrogens is 1. The number of amides is 2. The lowest BCUT2D eigenvalue weighted by Crippen LogP contribution is -2.97. The van der Waals surface area contributed by atoms with Gasteiger partial charge in [-0.25, -0.2) is 4.79 Å². The monoisotopic (exact) mass is 351 g/mol. The Morgan fingerprint density at radius 3 is 2.50 bits per heavy atom. The zero-order chi connectivity index (χ0) is 17.6. The lowest BCUT2D eigenvalue weighted by atomic mass is 9.80. The SMILES string of the molecule is CCOC(=O)[C@]1(C)[NH2+][C@@H](c2ccc(Cl)cc2)[C@H]2C(=O)N(C)C(=O)[C@H]21. The summed E-state index contributed by atoms with van der Waals surface area (Å²) >= 11 is 5.94. The summed E-state index contributed by atoms with van der Waals surface area (Å²) in [6.45, 7) is 3.63. The molecule has 0 radical (unpaired) electrons. The molecule has 1 aromatic rings. The maximum absolute atomic E-state index is 12.6. The highest BCUT2D eigenvalue weighted by molar-refractivity contribution is 6.30. The Morgan fingerprint density at radius 1 is 1.29 bits per heavy atom. The average molecular weight is 352 g/mol. The molecule has 2 N–H and O–H groups in total. The molecule has 7 heteroatoms. The minimum Gasteiger partial charge on any atom is -0.461 e. The molecule has 2 aliphatic heterocycles. The largest absolute Gasteiger partial charge is 0.461 e. The fourth-order valence-corrected chi connectivity index (χ4v) is 4.00. The van der Waals surface area contributed by atoms with Gasteiger partial charge >= 0.3 is 5.97 Å². The van der Waals surface area contributed by atoms with Crippen LogP contribution in [0.25, 0.3) is 0 Å². The van der Waals surface area contributed by atoms with Crippen molar-refractivity contribution in [3.63, 3.8) is 0 Å². The molecular weight excluding hydrogens is 332 g/mol. The minimum absolute atomic E-state index is 0.225. The fraction of sp³-hybridized carbons (Fsp3) is 0.471. The number of halogens is 1. The number of esters is 1. The summed E-state index contributed by atoms with van der Waals surface area (Å²) < 4.78 is 5.19. The summed E-state index contributed by atoms with van der Waals surface area (Å²) in [5.41, 5.74) is -0.262. The third-order valence-electron chi connectivity index (χ3n) is 5.10. The molecule has 24 heavy (non-hydrogen) atoms. The molecule has 2 saturated heterocycles. The Kier molecular flexibility index (Phi) is 4.13. The van der Waals surface area contributed by atoms with Crippen LogP contribution in [0, 0.1) is 11.8 Å². The Hall–Kier alpha value is -1.92. The van der Waals surface area contributed by atoms with Crippen LogP contribution in [0.4, 0.5) is 0 Å². The quantitative estimate of drug-likeness (QED) is 0.635. The van der Waals surface area contributed by atoms with Crippen LogP contribution in [0.15, 0.2) is 24.3 Å². The Labute approximate surface area is 145 Å². The van der Waals surface area contributed by atoms with Crippen LogP contribution in [-0.2, 0) is 19.1 Å². The van der Waals surface area contributed by atoms with Crippen LogP contribution < -0.4 is 5.32 Å². The van der Waals surface area contributed by atoms with Crippen LogP contribution in [0.2, 0.25) is 5.02 Å². The van der Waals surface area contributed by atoms with Crippen LogP contribution in [-0.4, -0.2) is 41.9 Å². The van der Waals surface area contributed by atoms with E-state index in [4.69, 9.17) is 16.3 Å². The van der Waals surface area contributed by atoms with E-state index in [0.29, 0.717) is 5.02 Å². The Balaban J connectivity index is 2.06. The van der Waals surface area contributed by atoms with E-state index in [1.807, 2.05) is 12.1 Å². The second kappa shape index (κ2) is 5.86. The normalized spacial score (nSPS) is 32.2. The molecule has 0 aliphatic carbocycles.